The molecule has 4 nitrogen and oxygen atoms in total. The molecule has 150 valence electrons. The molecule has 0 bridgehead atoms. The van der Waals surface area contributed by atoms with E-state index >= 15 is 0 Å². The summed E-state index contributed by atoms with van der Waals surface area (Å²) in [7, 11) is 2.03. The van der Waals surface area contributed by atoms with E-state index in [1.54, 1.807) is 4.52 Å². The van der Waals surface area contributed by atoms with Crippen molar-refractivity contribution in [3.05, 3.63) is 70.9 Å². The van der Waals surface area contributed by atoms with Crippen molar-refractivity contribution in [2.24, 2.45) is 7.05 Å². The smallest absolute Gasteiger partial charge is 0.207 e. The Bertz CT molecular complexity index is 1450. The summed E-state index contributed by atoms with van der Waals surface area (Å²) in [5.41, 5.74) is 7.21. The lowest BCUT2D eigenvalue weighted by Crippen LogP contribution is -2.30. The molecule has 30 heavy (non-hydrogen) atoms. The molecule has 0 amide bonds. The van der Waals surface area contributed by atoms with Gasteiger partial charge in [-0.05, 0) is 50.1 Å². The number of rotatable bonds is 2. The van der Waals surface area contributed by atoms with Crippen LogP contribution in [-0.2, 0) is 7.05 Å². The van der Waals surface area contributed by atoms with E-state index in [0.29, 0.717) is 16.3 Å². The minimum absolute atomic E-state index is 0.305. The molecule has 0 aliphatic heterocycles. The van der Waals surface area contributed by atoms with Gasteiger partial charge in [-0.25, -0.2) is 13.3 Å². The summed E-state index contributed by atoms with van der Waals surface area (Å²) in [6.07, 6.45) is 2.00. The van der Waals surface area contributed by atoms with Crippen molar-refractivity contribution in [3.8, 4) is 22.6 Å². The normalized spacial score (nSPS) is 11.7. The Morgan fingerprint density at radius 1 is 1.00 bits per heavy atom. The number of aromatic nitrogens is 4. The second-order valence-corrected chi connectivity index (χ2v) is 8.61. The minimum atomic E-state index is -0.646. The van der Waals surface area contributed by atoms with Crippen LogP contribution in [0.3, 0.4) is 0 Å². The molecule has 2 aromatic carbocycles. The molecule has 0 aliphatic carbocycles. The van der Waals surface area contributed by atoms with Crippen LogP contribution in [0, 0.1) is 32.4 Å². The largest absolute Gasteiger partial charge is 0.232 e. The van der Waals surface area contributed by atoms with Gasteiger partial charge < -0.3 is 0 Å². The van der Waals surface area contributed by atoms with Crippen molar-refractivity contribution in [2.75, 3.05) is 0 Å². The zero-order valence-electron chi connectivity index (χ0n) is 17.0. The maximum atomic E-state index is 13.6. The molecule has 5 aromatic rings. The topological polar surface area (TPSA) is 34.1 Å². The number of thiazole rings is 1. The maximum absolute atomic E-state index is 13.6. The van der Waals surface area contributed by atoms with Gasteiger partial charge in [-0.15, -0.1) is 5.10 Å². The van der Waals surface area contributed by atoms with Crippen LogP contribution in [0.15, 0.2) is 42.6 Å². The van der Waals surface area contributed by atoms with Crippen molar-refractivity contribution >= 4 is 26.5 Å². The second-order valence-electron chi connectivity index (χ2n) is 7.63. The van der Waals surface area contributed by atoms with E-state index in [9.17, 15) is 8.78 Å². The van der Waals surface area contributed by atoms with E-state index in [-0.39, 0.29) is 0 Å². The molecule has 0 unspecified atom stereocenters. The van der Waals surface area contributed by atoms with Gasteiger partial charge in [0, 0.05) is 17.7 Å². The number of pyridine rings is 1. The first-order chi connectivity index (χ1) is 14.3. The zero-order valence-corrected chi connectivity index (χ0v) is 17.8. The predicted octanol–water partition coefficient (Wildman–Crippen LogP) is 5.31. The van der Waals surface area contributed by atoms with Gasteiger partial charge in [0.25, 0.3) is 0 Å². The van der Waals surface area contributed by atoms with Crippen molar-refractivity contribution < 1.29 is 13.3 Å². The fourth-order valence-corrected chi connectivity index (χ4v) is 5.05. The Morgan fingerprint density at radius 3 is 2.47 bits per heavy atom. The van der Waals surface area contributed by atoms with Crippen molar-refractivity contribution in [1.82, 2.24) is 14.6 Å². The average Bonchev–Trinajstić information content (AvgIpc) is 3.22. The van der Waals surface area contributed by atoms with E-state index in [0.717, 1.165) is 22.0 Å². The van der Waals surface area contributed by atoms with Gasteiger partial charge in [0.15, 0.2) is 12.0 Å². The van der Waals surface area contributed by atoms with Gasteiger partial charge in [-0.1, -0.05) is 23.0 Å². The summed E-state index contributed by atoms with van der Waals surface area (Å²) in [6.45, 7) is 6.36. The summed E-state index contributed by atoms with van der Waals surface area (Å²) in [4.78, 5) is 5.23. The lowest BCUT2D eigenvalue weighted by molar-refractivity contribution is -0.659. The van der Waals surface area contributed by atoms with Crippen molar-refractivity contribution in [1.29, 1.82) is 0 Å². The molecular weight excluding hydrogens is 402 g/mol. The van der Waals surface area contributed by atoms with Crippen molar-refractivity contribution in [2.45, 2.75) is 20.8 Å². The lowest BCUT2D eigenvalue weighted by atomic mass is 9.97. The molecule has 0 spiro atoms. The number of hydrogen-bond donors (Lipinski definition) is 0. The van der Waals surface area contributed by atoms with Gasteiger partial charge in [-0.3, -0.25) is 0 Å². The minimum Gasteiger partial charge on any atom is -0.207 e. The highest BCUT2D eigenvalue weighted by Crippen LogP contribution is 2.35. The van der Waals surface area contributed by atoms with E-state index in [1.807, 2.05) is 19.3 Å². The average molecular weight is 421 g/mol. The quantitative estimate of drug-likeness (QED) is 0.362. The Balaban J connectivity index is 1.76. The van der Waals surface area contributed by atoms with Crippen LogP contribution in [0.5, 0.6) is 0 Å². The van der Waals surface area contributed by atoms with Crippen LogP contribution in [0.4, 0.5) is 8.78 Å². The van der Waals surface area contributed by atoms with Gasteiger partial charge in [0.2, 0.25) is 10.7 Å². The first kappa shape index (κ1) is 18.8. The molecule has 5 rings (SSSR count). The highest BCUT2D eigenvalue weighted by Gasteiger charge is 2.23. The molecule has 0 saturated heterocycles. The van der Waals surface area contributed by atoms with Gasteiger partial charge >= 0.3 is 0 Å². The van der Waals surface area contributed by atoms with Crippen LogP contribution < -0.4 is 4.57 Å². The van der Waals surface area contributed by atoms with Crippen LogP contribution in [0.25, 0.3) is 37.8 Å². The predicted molar refractivity (Wildman–Crippen MR) is 115 cm³/mol. The van der Waals surface area contributed by atoms with Crippen molar-refractivity contribution in [3.63, 3.8) is 0 Å². The summed E-state index contributed by atoms with van der Waals surface area (Å²) >= 11 is 1.52. The van der Waals surface area contributed by atoms with Crippen LogP contribution in [0.2, 0.25) is 0 Å². The first-order valence-electron chi connectivity index (χ1n) is 9.54. The Labute approximate surface area is 176 Å². The first-order valence-corrected chi connectivity index (χ1v) is 10.4. The molecule has 0 radical (unpaired) electrons. The van der Waals surface area contributed by atoms with Crippen LogP contribution in [-0.4, -0.2) is 14.6 Å². The molecule has 3 heterocycles. The molecule has 0 aliphatic rings. The molecular formula is C23H19F2N4S+. The fourth-order valence-electron chi connectivity index (χ4n) is 3.90. The monoisotopic (exact) mass is 421 g/mol. The summed E-state index contributed by atoms with van der Waals surface area (Å²) in [5, 5.41) is 4.55. The third kappa shape index (κ3) is 2.89. The lowest BCUT2D eigenvalue weighted by Gasteiger charge is -2.09. The third-order valence-corrected chi connectivity index (χ3v) is 6.50. The van der Waals surface area contributed by atoms with E-state index in [2.05, 4.69) is 47.6 Å². The standard InChI is InChI=1S/C23H19F2N4S/c1-12-7-13(2)14(3)18(8-12)20-21-19(5-6-28(20)4)29-23(30-21)26-22(27-29)15-9-16(24)11-17(25)10-15/h5-11H,1-4H3/q+1. The maximum Gasteiger partial charge on any atom is 0.232 e. The molecule has 0 fully saturated rings. The van der Waals surface area contributed by atoms with Crippen LogP contribution in [0.1, 0.15) is 16.7 Å². The molecule has 0 N–H and O–H groups in total. The highest BCUT2D eigenvalue weighted by molar-refractivity contribution is 7.24. The summed E-state index contributed by atoms with van der Waals surface area (Å²) in [5.74, 6) is -0.987. The number of fused-ring (bicyclic) bond motifs is 3. The Kier molecular flexibility index (Phi) is 4.18. The van der Waals surface area contributed by atoms with Gasteiger partial charge in [0.1, 0.15) is 23.4 Å². The third-order valence-electron chi connectivity index (χ3n) is 5.44. The zero-order chi connectivity index (χ0) is 21.2. The number of nitrogens with zero attached hydrogens (tertiary/aromatic N) is 4. The van der Waals surface area contributed by atoms with E-state index < -0.39 is 11.6 Å². The van der Waals surface area contributed by atoms with Gasteiger partial charge in [-0.2, -0.15) is 9.55 Å². The fraction of sp³-hybridized carbons (Fsp3) is 0.174. The molecule has 0 atom stereocenters. The summed E-state index contributed by atoms with van der Waals surface area (Å²) < 4.78 is 32.2. The highest BCUT2D eigenvalue weighted by atomic mass is 32.1. The number of halogens is 2. The Morgan fingerprint density at radius 2 is 1.73 bits per heavy atom. The molecule has 3 aromatic heterocycles. The Hall–Kier alpha value is -3.19. The van der Waals surface area contributed by atoms with E-state index in [4.69, 9.17) is 0 Å². The summed E-state index contributed by atoms with van der Waals surface area (Å²) in [6, 6.07) is 9.71. The molecule has 0 saturated carbocycles. The number of benzene rings is 2. The van der Waals surface area contributed by atoms with Gasteiger partial charge in [0.05, 0.1) is 11.1 Å². The van der Waals surface area contributed by atoms with Crippen LogP contribution >= 0.6 is 11.3 Å². The second kappa shape index (κ2) is 6.67. The number of hydrogen-bond acceptors (Lipinski definition) is 3. The molecule has 7 heteroatoms. The van der Waals surface area contributed by atoms with E-state index in [1.165, 1.54) is 45.7 Å². The SMILES string of the molecule is Cc1cc(C)c(C)c(-c2c3sc4nc(-c5cc(F)cc(F)c5)nn4c3cc[n+]2C)c1. The number of aryl methyl sites for hydroxylation is 3.